The van der Waals surface area contributed by atoms with E-state index in [1.54, 1.807) is 0 Å². The lowest BCUT2D eigenvalue weighted by molar-refractivity contribution is -0.135. The van der Waals surface area contributed by atoms with E-state index >= 15 is 0 Å². The summed E-state index contributed by atoms with van der Waals surface area (Å²) in [5.74, 6) is -1.01. The third-order valence-corrected chi connectivity index (χ3v) is 2.10. The number of hydrogen-bond acceptors (Lipinski definition) is 3. The maximum absolute atomic E-state index is 10.3. The Hall–Kier alpha value is -0.740. The van der Waals surface area contributed by atoms with Gasteiger partial charge in [0.1, 0.15) is 10.7 Å². The average Bonchev–Trinajstić information content (AvgIpc) is 1.99. The van der Waals surface area contributed by atoms with E-state index < -0.39 is 16.7 Å². The molecule has 2 unspecified atom stereocenters. The standard InChI is InChI=1S/C7H10O3S/c1-3-5(7(9)10)11-6(8)4-2/h3-6,8H,1-2H2,(H,9,10). The summed E-state index contributed by atoms with van der Waals surface area (Å²) >= 11 is 0.873. The second-order valence-corrected chi connectivity index (χ2v) is 3.02. The van der Waals surface area contributed by atoms with Crippen LogP contribution >= 0.6 is 11.8 Å². The molecule has 0 saturated heterocycles. The quantitative estimate of drug-likeness (QED) is 0.479. The van der Waals surface area contributed by atoms with Crippen molar-refractivity contribution >= 4 is 17.7 Å². The fraction of sp³-hybridized carbons (Fsp3) is 0.286. The van der Waals surface area contributed by atoms with Gasteiger partial charge in [-0.1, -0.05) is 18.7 Å². The second kappa shape index (κ2) is 4.98. The van der Waals surface area contributed by atoms with Crippen LogP contribution in [0.2, 0.25) is 0 Å². The number of carboxylic acid groups (broad SMARTS) is 1. The third-order valence-electron chi connectivity index (χ3n) is 0.945. The lowest BCUT2D eigenvalue weighted by atomic mass is 10.4. The summed E-state index contributed by atoms with van der Waals surface area (Å²) in [6, 6.07) is 0. The molecule has 0 bridgehead atoms. The first kappa shape index (κ1) is 10.3. The van der Waals surface area contributed by atoms with E-state index in [-0.39, 0.29) is 0 Å². The normalized spacial score (nSPS) is 15.0. The van der Waals surface area contributed by atoms with Crippen LogP contribution < -0.4 is 0 Å². The summed E-state index contributed by atoms with van der Waals surface area (Å²) in [5, 5.41) is 16.6. The van der Waals surface area contributed by atoms with E-state index in [0.29, 0.717) is 0 Å². The first-order valence-corrected chi connectivity index (χ1v) is 3.87. The van der Waals surface area contributed by atoms with Gasteiger partial charge in [-0.15, -0.1) is 18.3 Å². The molecule has 0 spiro atoms. The number of carboxylic acids is 1. The van der Waals surface area contributed by atoms with Crippen molar-refractivity contribution in [3.8, 4) is 0 Å². The molecule has 0 aliphatic carbocycles. The van der Waals surface area contributed by atoms with Gasteiger partial charge in [0.15, 0.2) is 0 Å². The Morgan fingerprint density at radius 3 is 2.27 bits per heavy atom. The molecule has 0 fully saturated rings. The molecule has 0 aliphatic heterocycles. The van der Waals surface area contributed by atoms with Crippen molar-refractivity contribution in [3.05, 3.63) is 25.3 Å². The zero-order chi connectivity index (χ0) is 8.85. The van der Waals surface area contributed by atoms with Gasteiger partial charge in [-0.3, -0.25) is 4.79 Å². The summed E-state index contributed by atoms with van der Waals surface area (Å²) in [4.78, 5) is 10.3. The topological polar surface area (TPSA) is 57.5 Å². The molecule has 62 valence electrons. The van der Waals surface area contributed by atoms with Crippen LogP contribution in [0.15, 0.2) is 25.3 Å². The maximum Gasteiger partial charge on any atom is 0.320 e. The largest absolute Gasteiger partial charge is 0.480 e. The molecular weight excluding hydrogens is 164 g/mol. The van der Waals surface area contributed by atoms with Crippen molar-refractivity contribution in [3.63, 3.8) is 0 Å². The van der Waals surface area contributed by atoms with E-state index in [2.05, 4.69) is 13.2 Å². The minimum Gasteiger partial charge on any atom is -0.480 e. The van der Waals surface area contributed by atoms with Gasteiger partial charge < -0.3 is 10.2 Å². The third kappa shape index (κ3) is 3.85. The summed E-state index contributed by atoms with van der Waals surface area (Å²) < 4.78 is 0. The highest BCUT2D eigenvalue weighted by atomic mass is 32.2. The Kier molecular flexibility index (Phi) is 4.65. The van der Waals surface area contributed by atoms with Crippen LogP contribution in [-0.4, -0.2) is 26.9 Å². The average molecular weight is 174 g/mol. The van der Waals surface area contributed by atoms with Gasteiger partial charge in [-0.2, -0.15) is 0 Å². The van der Waals surface area contributed by atoms with Crippen molar-refractivity contribution in [2.45, 2.75) is 10.7 Å². The van der Waals surface area contributed by atoms with Gasteiger partial charge in [0.25, 0.3) is 0 Å². The highest BCUT2D eigenvalue weighted by Crippen LogP contribution is 2.17. The summed E-state index contributed by atoms with van der Waals surface area (Å²) in [5.41, 5.74) is -0.853. The molecule has 2 N–H and O–H groups in total. The van der Waals surface area contributed by atoms with Crippen LogP contribution in [0.4, 0.5) is 0 Å². The van der Waals surface area contributed by atoms with Crippen molar-refractivity contribution in [1.82, 2.24) is 0 Å². The Labute approximate surface area is 69.4 Å². The molecule has 0 amide bonds. The van der Waals surface area contributed by atoms with Crippen molar-refractivity contribution in [2.75, 3.05) is 0 Å². The number of aliphatic carboxylic acids is 1. The highest BCUT2D eigenvalue weighted by Gasteiger charge is 2.16. The minimum absolute atomic E-state index is 0.775. The molecule has 0 aromatic heterocycles. The number of hydrogen-bond donors (Lipinski definition) is 2. The molecule has 11 heavy (non-hydrogen) atoms. The van der Waals surface area contributed by atoms with E-state index in [1.165, 1.54) is 12.2 Å². The van der Waals surface area contributed by atoms with Crippen LogP contribution in [0.1, 0.15) is 0 Å². The number of rotatable bonds is 5. The van der Waals surface area contributed by atoms with Crippen LogP contribution in [0, 0.1) is 0 Å². The zero-order valence-corrected chi connectivity index (χ0v) is 6.75. The van der Waals surface area contributed by atoms with Crippen LogP contribution in [0.5, 0.6) is 0 Å². The predicted octanol–water partition coefficient (Wildman–Crippen LogP) is 0.863. The van der Waals surface area contributed by atoms with Crippen molar-refractivity contribution < 1.29 is 15.0 Å². The predicted molar refractivity (Wildman–Crippen MR) is 45.4 cm³/mol. The van der Waals surface area contributed by atoms with E-state index in [9.17, 15) is 4.79 Å². The molecule has 4 heteroatoms. The highest BCUT2D eigenvalue weighted by molar-refractivity contribution is 8.01. The number of carbonyl (C=O) groups is 1. The molecule has 2 atom stereocenters. The smallest absolute Gasteiger partial charge is 0.320 e. The molecule has 0 saturated carbocycles. The molecule has 0 heterocycles. The lowest BCUT2D eigenvalue weighted by Crippen LogP contribution is -2.16. The summed E-state index contributed by atoms with van der Waals surface area (Å²) in [7, 11) is 0. The monoisotopic (exact) mass is 174 g/mol. The van der Waals surface area contributed by atoms with E-state index in [4.69, 9.17) is 10.2 Å². The van der Waals surface area contributed by atoms with E-state index in [0.717, 1.165) is 11.8 Å². The Morgan fingerprint density at radius 2 is 2.00 bits per heavy atom. The van der Waals surface area contributed by atoms with Gasteiger partial charge in [-0.25, -0.2) is 0 Å². The maximum atomic E-state index is 10.3. The molecule has 0 aromatic carbocycles. The van der Waals surface area contributed by atoms with Crippen LogP contribution in [0.3, 0.4) is 0 Å². The Balaban J connectivity index is 3.97. The summed E-state index contributed by atoms with van der Waals surface area (Å²) in [6.07, 6.45) is 2.53. The van der Waals surface area contributed by atoms with Crippen LogP contribution in [-0.2, 0) is 4.79 Å². The van der Waals surface area contributed by atoms with Crippen LogP contribution in [0.25, 0.3) is 0 Å². The number of thioether (sulfide) groups is 1. The van der Waals surface area contributed by atoms with Gasteiger partial charge >= 0.3 is 5.97 Å². The molecule has 0 aromatic rings. The van der Waals surface area contributed by atoms with Gasteiger partial charge in [0.2, 0.25) is 0 Å². The van der Waals surface area contributed by atoms with Gasteiger partial charge in [0, 0.05) is 0 Å². The lowest BCUT2D eigenvalue weighted by Gasteiger charge is -2.08. The minimum atomic E-state index is -1.01. The molecule has 0 radical (unpaired) electrons. The Morgan fingerprint density at radius 1 is 1.45 bits per heavy atom. The van der Waals surface area contributed by atoms with Crippen molar-refractivity contribution in [2.24, 2.45) is 0 Å². The molecular formula is C7H10O3S. The van der Waals surface area contributed by atoms with E-state index in [1.807, 2.05) is 0 Å². The fourth-order valence-electron chi connectivity index (χ4n) is 0.420. The zero-order valence-electron chi connectivity index (χ0n) is 5.93. The Bertz CT molecular complexity index is 167. The van der Waals surface area contributed by atoms with Gasteiger partial charge in [-0.05, 0) is 0 Å². The fourth-order valence-corrected chi connectivity index (χ4v) is 1.06. The first-order valence-electron chi connectivity index (χ1n) is 2.93. The number of aliphatic hydroxyl groups is 1. The SMILES string of the molecule is C=CC(O)SC(C=C)C(=O)O. The first-order chi connectivity index (χ1) is 5.11. The van der Waals surface area contributed by atoms with Crippen molar-refractivity contribution in [1.29, 1.82) is 0 Å². The molecule has 0 aliphatic rings. The molecule has 0 rings (SSSR count). The molecule has 3 nitrogen and oxygen atoms in total. The summed E-state index contributed by atoms with van der Waals surface area (Å²) in [6.45, 7) is 6.63. The number of aliphatic hydroxyl groups excluding tert-OH is 1. The second-order valence-electron chi connectivity index (χ2n) is 1.76. The van der Waals surface area contributed by atoms with Gasteiger partial charge in [0.05, 0.1) is 0 Å².